The van der Waals surface area contributed by atoms with Crippen molar-refractivity contribution < 1.29 is 24.2 Å². The summed E-state index contributed by atoms with van der Waals surface area (Å²) >= 11 is 0. The van der Waals surface area contributed by atoms with E-state index in [0.29, 0.717) is 17.0 Å². The SMILES string of the molecule is COc1cc(N)ccc1C(=O)NC1COCC1C(=O)O. The van der Waals surface area contributed by atoms with Gasteiger partial charge in [0.25, 0.3) is 5.91 Å². The van der Waals surface area contributed by atoms with Crippen LogP contribution < -0.4 is 15.8 Å². The van der Waals surface area contributed by atoms with Crippen LogP contribution in [0.25, 0.3) is 0 Å². The van der Waals surface area contributed by atoms with Crippen LogP contribution in [-0.2, 0) is 9.53 Å². The molecule has 1 amide bonds. The Balaban J connectivity index is 2.14. The molecule has 0 aromatic heterocycles. The fourth-order valence-corrected chi connectivity index (χ4v) is 2.08. The van der Waals surface area contributed by atoms with E-state index < -0.39 is 23.8 Å². The van der Waals surface area contributed by atoms with Crippen molar-refractivity contribution in [2.75, 3.05) is 26.1 Å². The number of rotatable bonds is 4. The van der Waals surface area contributed by atoms with Crippen molar-refractivity contribution in [3.8, 4) is 5.75 Å². The Hall–Kier alpha value is -2.28. The number of carboxylic acids is 1. The standard InChI is InChI=1S/C13H16N2O5/c1-19-11-4-7(14)2-3-8(11)12(16)15-10-6-20-5-9(10)13(17)18/h2-4,9-10H,5-6,14H2,1H3,(H,15,16)(H,17,18). The van der Waals surface area contributed by atoms with Crippen LogP contribution in [0.5, 0.6) is 5.75 Å². The van der Waals surface area contributed by atoms with Gasteiger partial charge in [0, 0.05) is 11.8 Å². The number of carboxylic acid groups (broad SMARTS) is 1. The van der Waals surface area contributed by atoms with Crippen LogP contribution in [0.1, 0.15) is 10.4 Å². The highest BCUT2D eigenvalue weighted by atomic mass is 16.5. The molecule has 7 nitrogen and oxygen atoms in total. The number of aliphatic carboxylic acids is 1. The number of amides is 1. The van der Waals surface area contributed by atoms with Crippen LogP contribution in [0.4, 0.5) is 5.69 Å². The number of nitrogens with two attached hydrogens (primary N) is 1. The van der Waals surface area contributed by atoms with Crippen LogP contribution in [0.2, 0.25) is 0 Å². The number of carbonyl (C=O) groups is 2. The maximum atomic E-state index is 12.2. The lowest BCUT2D eigenvalue weighted by atomic mass is 10.0. The van der Waals surface area contributed by atoms with Gasteiger partial charge in [-0.2, -0.15) is 0 Å². The molecule has 0 bridgehead atoms. The van der Waals surface area contributed by atoms with E-state index >= 15 is 0 Å². The molecule has 2 rings (SSSR count). The van der Waals surface area contributed by atoms with Gasteiger partial charge in [-0.1, -0.05) is 0 Å². The van der Waals surface area contributed by atoms with Gasteiger partial charge < -0.3 is 25.6 Å². The normalized spacial score (nSPS) is 21.4. The Morgan fingerprint density at radius 3 is 2.85 bits per heavy atom. The lowest BCUT2D eigenvalue weighted by Crippen LogP contribution is -2.42. The molecule has 20 heavy (non-hydrogen) atoms. The highest BCUT2D eigenvalue weighted by molar-refractivity contribution is 5.97. The van der Waals surface area contributed by atoms with Crippen molar-refractivity contribution >= 4 is 17.6 Å². The van der Waals surface area contributed by atoms with Crippen LogP contribution in [0, 0.1) is 5.92 Å². The highest BCUT2D eigenvalue weighted by Crippen LogP contribution is 2.22. The van der Waals surface area contributed by atoms with E-state index in [2.05, 4.69) is 5.32 Å². The van der Waals surface area contributed by atoms with E-state index in [-0.39, 0.29) is 13.2 Å². The summed E-state index contributed by atoms with van der Waals surface area (Å²) < 4.78 is 10.2. The first kappa shape index (κ1) is 14.1. The van der Waals surface area contributed by atoms with Gasteiger partial charge in [0.1, 0.15) is 11.7 Å². The molecule has 0 radical (unpaired) electrons. The molecule has 1 fully saturated rings. The van der Waals surface area contributed by atoms with Gasteiger partial charge in [-0.25, -0.2) is 0 Å². The summed E-state index contributed by atoms with van der Waals surface area (Å²) in [5.74, 6) is -1.80. The molecule has 1 heterocycles. The Bertz CT molecular complexity index is 531. The zero-order valence-corrected chi connectivity index (χ0v) is 11.0. The third kappa shape index (κ3) is 2.83. The largest absolute Gasteiger partial charge is 0.496 e. The van der Waals surface area contributed by atoms with E-state index in [9.17, 15) is 9.59 Å². The minimum Gasteiger partial charge on any atom is -0.496 e. The molecular formula is C13H16N2O5. The van der Waals surface area contributed by atoms with Crippen molar-refractivity contribution in [1.82, 2.24) is 5.32 Å². The zero-order valence-electron chi connectivity index (χ0n) is 11.0. The number of nitrogens with one attached hydrogen (secondary N) is 1. The van der Waals surface area contributed by atoms with Crippen LogP contribution in [0.15, 0.2) is 18.2 Å². The molecule has 1 aromatic rings. The molecule has 7 heteroatoms. The van der Waals surface area contributed by atoms with Gasteiger partial charge in [0.05, 0.1) is 31.9 Å². The average Bonchev–Trinajstić information content (AvgIpc) is 2.86. The maximum absolute atomic E-state index is 12.2. The number of benzene rings is 1. The third-order valence-electron chi connectivity index (χ3n) is 3.18. The third-order valence-corrected chi connectivity index (χ3v) is 3.18. The number of ether oxygens (including phenoxy) is 2. The summed E-state index contributed by atoms with van der Waals surface area (Å²) in [5.41, 5.74) is 6.40. The number of methoxy groups -OCH3 is 1. The van der Waals surface area contributed by atoms with Gasteiger partial charge in [0.2, 0.25) is 0 Å². The fraction of sp³-hybridized carbons (Fsp3) is 0.385. The second-order valence-electron chi connectivity index (χ2n) is 4.52. The zero-order chi connectivity index (χ0) is 14.7. The highest BCUT2D eigenvalue weighted by Gasteiger charge is 2.35. The smallest absolute Gasteiger partial charge is 0.311 e. The van der Waals surface area contributed by atoms with E-state index in [0.717, 1.165) is 0 Å². The quantitative estimate of drug-likeness (QED) is 0.675. The van der Waals surface area contributed by atoms with Crippen molar-refractivity contribution in [3.05, 3.63) is 23.8 Å². The summed E-state index contributed by atoms with van der Waals surface area (Å²) in [5, 5.41) is 11.7. The second kappa shape index (κ2) is 5.79. The Morgan fingerprint density at radius 2 is 2.20 bits per heavy atom. The summed E-state index contributed by atoms with van der Waals surface area (Å²) in [6.45, 7) is 0.277. The number of hydrogen-bond donors (Lipinski definition) is 3. The van der Waals surface area contributed by atoms with E-state index in [4.69, 9.17) is 20.3 Å². The average molecular weight is 280 g/mol. The fourth-order valence-electron chi connectivity index (χ4n) is 2.08. The Labute approximate surface area is 115 Å². The topological polar surface area (TPSA) is 111 Å². The van der Waals surface area contributed by atoms with Crippen LogP contribution >= 0.6 is 0 Å². The van der Waals surface area contributed by atoms with Crippen molar-refractivity contribution in [2.24, 2.45) is 5.92 Å². The number of anilines is 1. The predicted octanol–water partition coefficient (Wildman–Crippen LogP) is 0.107. The molecule has 1 aliphatic heterocycles. The molecule has 108 valence electrons. The van der Waals surface area contributed by atoms with Gasteiger partial charge in [-0.15, -0.1) is 0 Å². The number of nitrogen functional groups attached to an aromatic ring is 1. The van der Waals surface area contributed by atoms with Gasteiger partial charge in [-0.05, 0) is 12.1 Å². The van der Waals surface area contributed by atoms with E-state index in [1.807, 2.05) is 0 Å². The van der Waals surface area contributed by atoms with Crippen molar-refractivity contribution in [3.63, 3.8) is 0 Å². The Morgan fingerprint density at radius 1 is 1.45 bits per heavy atom. The molecule has 1 aliphatic rings. The predicted molar refractivity (Wildman–Crippen MR) is 70.6 cm³/mol. The first-order valence-electron chi connectivity index (χ1n) is 6.08. The summed E-state index contributed by atoms with van der Waals surface area (Å²) in [7, 11) is 1.43. The molecular weight excluding hydrogens is 264 g/mol. The maximum Gasteiger partial charge on any atom is 0.311 e. The van der Waals surface area contributed by atoms with Crippen molar-refractivity contribution in [1.29, 1.82) is 0 Å². The van der Waals surface area contributed by atoms with E-state index in [1.54, 1.807) is 6.07 Å². The van der Waals surface area contributed by atoms with E-state index in [1.165, 1.54) is 19.2 Å². The summed E-state index contributed by atoms with van der Waals surface area (Å²) in [6.07, 6.45) is 0. The molecule has 4 N–H and O–H groups in total. The monoisotopic (exact) mass is 280 g/mol. The lowest BCUT2D eigenvalue weighted by Gasteiger charge is -2.17. The van der Waals surface area contributed by atoms with Crippen molar-refractivity contribution in [2.45, 2.75) is 6.04 Å². The molecule has 1 saturated heterocycles. The first-order chi connectivity index (χ1) is 9.52. The Kier molecular flexibility index (Phi) is 4.09. The van der Waals surface area contributed by atoms with Crippen LogP contribution in [-0.4, -0.2) is 43.3 Å². The molecule has 0 spiro atoms. The molecule has 2 atom stereocenters. The molecule has 2 unspecified atom stereocenters. The molecule has 0 aliphatic carbocycles. The summed E-state index contributed by atoms with van der Waals surface area (Å²) in [6, 6.07) is 4.10. The van der Waals surface area contributed by atoms with Gasteiger partial charge in [-0.3, -0.25) is 9.59 Å². The number of carbonyl (C=O) groups excluding carboxylic acids is 1. The minimum atomic E-state index is -0.989. The second-order valence-corrected chi connectivity index (χ2v) is 4.52. The summed E-state index contributed by atoms with van der Waals surface area (Å²) in [4.78, 5) is 23.2. The van der Waals surface area contributed by atoms with Gasteiger partial charge >= 0.3 is 5.97 Å². The number of hydrogen-bond acceptors (Lipinski definition) is 5. The van der Waals surface area contributed by atoms with Crippen LogP contribution in [0.3, 0.4) is 0 Å². The first-order valence-corrected chi connectivity index (χ1v) is 6.08. The van der Waals surface area contributed by atoms with Gasteiger partial charge in [0.15, 0.2) is 0 Å². The lowest BCUT2D eigenvalue weighted by molar-refractivity contribution is -0.142. The molecule has 0 saturated carbocycles. The minimum absolute atomic E-state index is 0.0964. The molecule has 1 aromatic carbocycles.